The van der Waals surface area contributed by atoms with E-state index in [1.165, 1.54) is 30.2 Å². The average Bonchev–Trinajstić information content (AvgIpc) is 2.33. The molecule has 54 valence electrons. The summed E-state index contributed by atoms with van der Waals surface area (Å²) < 4.78 is 4.56. The normalized spacial score (nSPS) is 9.80. The van der Waals surface area contributed by atoms with E-state index in [0.29, 0.717) is 5.69 Å². The maximum absolute atomic E-state index is 10.8. The van der Waals surface area contributed by atoms with Crippen LogP contribution in [0, 0.1) is 0 Å². The first-order valence-corrected chi connectivity index (χ1v) is 4.62. The molecule has 0 amide bonds. The predicted octanol–water partition coefficient (Wildman–Crippen LogP) is 1.46. The molecule has 0 fully saturated rings. The number of carbonyl (C=O) groups excluding carboxylic acids is 1. The summed E-state index contributed by atoms with van der Waals surface area (Å²) in [5, 5.41) is 3.68. The molecule has 0 aliphatic rings. The molecular weight excluding hydrogens is 168 g/mol. The Hall–Kier alpha value is -0.420. The van der Waals surface area contributed by atoms with Crippen molar-refractivity contribution in [2.45, 2.75) is 11.1 Å². The number of thioether (sulfide) groups is 1. The van der Waals surface area contributed by atoms with E-state index >= 15 is 0 Å². The van der Waals surface area contributed by atoms with Gasteiger partial charge in [0.1, 0.15) is 4.21 Å². The van der Waals surface area contributed by atoms with Crippen LogP contribution in [0.3, 0.4) is 0 Å². The standard InChI is InChI=1S/C5H6N2OS2/c1-3(8)4-5(9-2)10-7-6-4/h1-2H3. The molecule has 0 aliphatic carbocycles. The molecule has 1 heterocycles. The van der Waals surface area contributed by atoms with E-state index in [-0.39, 0.29) is 5.78 Å². The molecular formula is C5H6N2OS2. The molecule has 0 spiro atoms. The molecule has 0 aromatic carbocycles. The Morgan fingerprint density at radius 3 is 2.80 bits per heavy atom. The lowest BCUT2D eigenvalue weighted by Crippen LogP contribution is -1.93. The lowest BCUT2D eigenvalue weighted by atomic mass is 10.4. The SMILES string of the molecule is CSc1snnc1C(C)=O. The molecule has 1 rings (SSSR count). The largest absolute Gasteiger partial charge is 0.293 e. The zero-order valence-electron chi connectivity index (χ0n) is 5.62. The fourth-order valence-corrected chi connectivity index (χ4v) is 1.77. The molecule has 0 aliphatic heterocycles. The minimum absolute atomic E-state index is 0.0156. The van der Waals surface area contributed by atoms with Crippen LogP contribution in [-0.4, -0.2) is 21.6 Å². The number of aromatic nitrogens is 2. The van der Waals surface area contributed by atoms with Gasteiger partial charge in [-0.15, -0.1) is 16.9 Å². The minimum Gasteiger partial charge on any atom is -0.293 e. The molecule has 0 radical (unpaired) electrons. The van der Waals surface area contributed by atoms with Crippen molar-refractivity contribution >= 4 is 29.1 Å². The van der Waals surface area contributed by atoms with E-state index in [2.05, 4.69) is 9.59 Å². The monoisotopic (exact) mass is 174 g/mol. The smallest absolute Gasteiger partial charge is 0.182 e. The van der Waals surface area contributed by atoms with Crippen molar-refractivity contribution < 1.29 is 4.79 Å². The molecule has 0 N–H and O–H groups in total. The molecule has 0 saturated carbocycles. The fraction of sp³-hybridized carbons (Fsp3) is 0.400. The molecule has 1 aromatic heterocycles. The number of Topliss-reactive ketones (excluding diaryl/α,β-unsaturated/α-hetero) is 1. The highest BCUT2D eigenvalue weighted by atomic mass is 32.2. The maximum atomic E-state index is 10.8. The van der Waals surface area contributed by atoms with Gasteiger partial charge in [-0.2, -0.15) is 0 Å². The van der Waals surface area contributed by atoms with Crippen molar-refractivity contribution in [1.82, 2.24) is 9.59 Å². The second-order valence-electron chi connectivity index (χ2n) is 1.67. The quantitative estimate of drug-likeness (QED) is 0.503. The van der Waals surface area contributed by atoms with Gasteiger partial charge in [0.25, 0.3) is 0 Å². The highest BCUT2D eigenvalue weighted by Gasteiger charge is 2.09. The number of rotatable bonds is 2. The van der Waals surface area contributed by atoms with E-state index in [1.807, 2.05) is 6.26 Å². The topological polar surface area (TPSA) is 42.9 Å². The van der Waals surface area contributed by atoms with E-state index in [0.717, 1.165) is 4.21 Å². The van der Waals surface area contributed by atoms with Crippen LogP contribution in [0.2, 0.25) is 0 Å². The van der Waals surface area contributed by atoms with E-state index in [4.69, 9.17) is 0 Å². The third-order valence-corrected chi connectivity index (χ3v) is 2.79. The number of carbonyl (C=O) groups is 1. The van der Waals surface area contributed by atoms with Crippen molar-refractivity contribution in [3.63, 3.8) is 0 Å². The molecule has 0 atom stereocenters. The zero-order valence-corrected chi connectivity index (χ0v) is 7.25. The van der Waals surface area contributed by atoms with Crippen molar-refractivity contribution in [2.75, 3.05) is 6.26 Å². The highest BCUT2D eigenvalue weighted by Crippen LogP contribution is 2.22. The van der Waals surface area contributed by atoms with E-state index in [9.17, 15) is 4.79 Å². The molecule has 0 unspecified atom stereocenters. The Labute approximate surface area is 67.0 Å². The first-order valence-electron chi connectivity index (χ1n) is 2.63. The van der Waals surface area contributed by atoms with Gasteiger partial charge in [0, 0.05) is 6.92 Å². The van der Waals surface area contributed by atoms with Crippen LogP contribution in [0.4, 0.5) is 0 Å². The summed E-state index contributed by atoms with van der Waals surface area (Å²) >= 11 is 2.76. The van der Waals surface area contributed by atoms with Gasteiger partial charge < -0.3 is 0 Å². The van der Waals surface area contributed by atoms with Crippen molar-refractivity contribution in [3.8, 4) is 0 Å². The van der Waals surface area contributed by atoms with E-state index in [1.54, 1.807) is 0 Å². The van der Waals surface area contributed by atoms with Gasteiger partial charge in [0.2, 0.25) is 0 Å². The molecule has 0 saturated heterocycles. The summed E-state index contributed by atoms with van der Waals surface area (Å²) in [5.41, 5.74) is 0.498. The predicted molar refractivity (Wildman–Crippen MR) is 41.7 cm³/mol. The van der Waals surface area contributed by atoms with Crippen LogP contribution >= 0.6 is 23.3 Å². The first kappa shape index (κ1) is 7.68. The highest BCUT2D eigenvalue weighted by molar-refractivity contribution is 8.00. The number of hydrogen-bond donors (Lipinski definition) is 0. The second-order valence-corrected chi connectivity index (χ2v) is 3.50. The molecule has 1 aromatic rings. The number of nitrogens with zero attached hydrogens (tertiary/aromatic N) is 2. The van der Waals surface area contributed by atoms with Crippen LogP contribution in [0.25, 0.3) is 0 Å². The minimum atomic E-state index is -0.0156. The van der Waals surface area contributed by atoms with Crippen LogP contribution in [0.1, 0.15) is 17.4 Å². The zero-order chi connectivity index (χ0) is 7.56. The van der Waals surface area contributed by atoms with Gasteiger partial charge in [0.15, 0.2) is 11.5 Å². The second kappa shape index (κ2) is 3.12. The van der Waals surface area contributed by atoms with Crippen LogP contribution in [-0.2, 0) is 0 Å². The van der Waals surface area contributed by atoms with E-state index < -0.39 is 0 Å². The third kappa shape index (κ3) is 1.35. The molecule has 10 heavy (non-hydrogen) atoms. The fourth-order valence-electron chi connectivity index (χ4n) is 0.530. The molecule has 5 heteroatoms. The summed E-state index contributed by atoms with van der Waals surface area (Å²) in [5.74, 6) is -0.0156. The van der Waals surface area contributed by atoms with Crippen molar-refractivity contribution in [1.29, 1.82) is 0 Å². The van der Waals surface area contributed by atoms with Crippen LogP contribution < -0.4 is 0 Å². The Morgan fingerprint density at radius 2 is 2.40 bits per heavy atom. The van der Waals surface area contributed by atoms with Gasteiger partial charge >= 0.3 is 0 Å². The summed E-state index contributed by atoms with van der Waals surface area (Å²) in [7, 11) is 0. The Kier molecular flexibility index (Phi) is 2.39. The maximum Gasteiger partial charge on any atom is 0.182 e. The lowest BCUT2D eigenvalue weighted by molar-refractivity contribution is 0.101. The van der Waals surface area contributed by atoms with Gasteiger partial charge in [-0.3, -0.25) is 4.79 Å². The Bertz CT molecular complexity index is 246. The summed E-state index contributed by atoms with van der Waals surface area (Å²) in [4.78, 5) is 10.8. The summed E-state index contributed by atoms with van der Waals surface area (Å²) in [6, 6.07) is 0. The Morgan fingerprint density at radius 1 is 1.70 bits per heavy atom. The lowest BCUT2D eigenvalue weighted by Gasteiger charge is -1.87. The van der Waals surface area contributed by atoms with Crippen LogP contribution in [0.5, 0.6) is 0 Å². The van der Waals surface area contributed by atoms with Gasteiger partial charge in [-0.05, 0) is 17.8 Å². The van der Waals surface area contributed by atoms with Crippen molar-refractivity contribution in [2.24, 2.45) is 0 Å². The molecule has 3 nitrogen and oxygen atoms in total. The average molecular weight is 174 g/mol. The van der Waals surface area contributed by atoms with Gasteiger partial charge in [-0.1, -0.05) is 4.49 Å². The number of ketones is 1. The molecule has 0 bridgehead atoms. The summed E-state index contributed by atoms with van der Waals surface area (Å²) in [6.07, 6.45) is 1.90. The van der Waals surface area contributed by atoms with Gasteiger partial charge in [0.05, 0.1) is 0 Å². The van der Waals surface area contributed by atoms with Gasteiger partial charge in [-0.25, -0.2) is 0 Å². The summed E-state index contributed by atoms with van der Waals surface area (Å²) in [6.45, 7) is 1.50. The van der Waals surface area contributed by atoms with Crippen LogP contribution in [0.15, 0.2) is 4.21 Å². The third-order valence-electron chi connectivity index (χ3n) is 0.977. The van der Waals surface area contributed by atoms with Crippen molar-refractivity contribution in [3.05, 3.63) is 5.69 Å². The first-order chi connectivity index (χ1) is 4.75. The Balaban J connectivity index is 3.01. The number of hydrogen-bond acceptors (Lipinski definition) is 5.